The van der Waals surface area contributed by atoms with Crippen LogP contribution in [-0.4, -0.2) is 19.6 Å². The normalized spacial score (nSPS) is 9.57. The number of primary amides is 1. The Labute approximate surface area is 83.7 Å². The van der Waals surface area contributed by atoms with Crippen LogP contribution in [0.4, 0.5) is 16.2 Å². The smallest absolute Gasteiger partial charge is 0.316 e. The number of hydrogen-bond donors (Lipinski definition) is 2. The molecule has 0 aliphatic rings. The van der Waals surface area contributed by atoms with Crippen molar-refractivity contribution in [2.75, 3.05) is 23.8 Å². The number of anilines is 2. The SMILES string of the molecule is CCN(C)c1cccc(NC(N)=O)c1. The average Bonchev–Trinajstić information content (AvgIpc) is 2.16. The van der Waals surface area contributed by atoms with Crippen molar-refractivity contribution >= 4 is 17.4 Å². The number of nitrogens with one attached hydrogen (secondary N) is 1. The Kier molecular flexibility index (Phi) is 3.34. The number of carbonyl (C=O) groups is 1. The van der Waals surface area contributed by atoms with Crippen molar-refractivity contribution in [2.24, 2.45) is 5.73 Å². The van der Waals surface area contributed by atoms with E-state index in [0.717, 1.165) is 17.9 Å². The molecule has 0 fully saturated rings. The number of hydrogen-bond acceptors (Lipinski definition) is 2. The molecule has 0 saturated carbocycles. The lowest BCUT2D eigenvalue weighted by atomic mass is 10.2. The molecule has 3 N–H and O–H groups in total. The van der Waals surface area contributed by atoms with E-state index in [9.17, 15) is 4.79 Å². The van der Waals surface area contributed by atoms with Crippen LogP contribution in [0.25, 0.3) is 0 Å². The van der Waals surface area contributed by atoms with E-state index in [2.05, 4.69) is 17.1 Å². The quantitative estimate of drug-likeness (QED) is 0.766. The van der Waals surface area contributed by atoms with Gasteiger partial charge in [-0.15, -0.1) is 0 Å². The van der Waals surface area contributed by atoms with Crippen molar-refractivity contribution in [3.63, 3.8) is 0 Å². The number of nitrogens with zero attached hydrogens (tertiary/aromatic N) is 1. The van der Waals surface area contributed by atoms with Gasteiger partial charge in [-0.05, 0) is 25.1 Å². The van der Waals surface area contributed by atoms with E-state index in [1.54, 1.807) is 6.07 Å². The van der Waals surface area contributed by atoms with E-state index < -0.39 is 6.03 Å². The number of amides is 2. The lowest BCUT2D eigenvalue weighted by Gasteiger charge is -2.17. The van der Waals surface area contributed by atoms with Crippen LogP contribution < -0.4 is 16.0 Å². The first-order valence-electron chi connectivity index (χ1n) is 4.51. The highest BCUT2D eigenvalue weighted by atomic mass is 16.2. The predicted octanol–water partition coefficient (Wildman–Crippen LogP) is 1.63. The Hall–Kier alpha value is -1.71. The van der Waals surface area contributed by atoms with Gasteiger partial charge < -0.3 is 16.0 Å². The van der Waals surface area contributed by atoms with Crippen molar-refractivity contribution in [2.45, 2.75) is 6.92 Å². The predicted molar refractivity (Wildman–Crippen MR) is 58.6 cm³/mol. The molecule has 0 aliphatic heterocycles. The minimum Gasteiger partial charge on any atom is -0.375 e. The van der Waals surface area contributed by atoms with Crippen molar-refractivity contribution < 1.29 is 4.79 Å². The summed E-state index contributed by atoms with van der Waals surface area (Å²) < 4.78 is 0. The van der Waals surface area contributed by atoms with Gasteiger partial charge in [-0.3, -0.25) is 0 Å². The second-order valence-electron chi connectivity index (χ2n) is 3.05. The Morgan fingerprint density at radius 2 is 2.29 bits per heavy atom. The van der Waals surface area contributed by atoms with E-state index in [1.165, 1.54) is 0 Å². The number of benzene rings is 1. The summed E-state index contributed by atoms with van der Waals surface area (Å²) >= 11 is 0. The Balaban J connectivity index is 2.83. The third-order valence-corrected chi connectivity index (χ3v) is 2.03. The summed E-state index contributed by atoms with van der Waals surface area (Å²) in [5.41, 5.74) is 6.79. The van der Waals surface area contributed by atoms with E-state index in [0.29, 0.717) is 0 Å². The fourth-order valence-electron chi connectivity index (χ4n) is 1.15. The van der Waals surface area contributed by atoms with Gasteiger partial charge in [0.1, 0.15) is 0 Å². The van der Waals surface area contributed by atoms with Crippen LogP contribution in [-0.2, 0) is 0 Å². The van der Waals surface area contributed by atoms with Gasteiger partial charge in [-0.25, -0.2) is 4.79 Å². The summed E-state index contributed by atoms with van der Waals surface area (Å²) in [6, 6.07) is 7.01. The summed E-state index contributed by atoms with van der Waals surface area (Å²) in [6.45, 7) is 2.98. The maximum atomic E-state index is 10.6. The highest BCUT2D eigenvalue weighted by Crippen LogP contribution is 2.17. The molecule has 76 valence electrons. The molecule has 0 radical (unpaired) electrons. The molecule has 1 rings (SSSR count). The van der Waals surface area contributed by atoms with Crippen molar-refractivity contribution in [3.05, 3.63) is 24.3 Å². The van der Waals surface area contributed by atoms with Crippen molar-refractivity contribution in [1.82, 2.24) is 0 Å². The van der Waals surface area contributed by atoms with E-state index in [1.807, 2.05) is 25.2 Å². The van der Waals surface area contributed by atoms with E-state index >= 15 is 0 Å². The standard InChI is InChI=1S/C10H15N3O/c1-3-13(2)9-6-4-5-8(7-9)12-10(11)14/h4-7H,3H2,1-2H3,(H3,11,12,14). The van der Waals surface area contributed by atoms with Crippen LogP contribution >= 0.6 is 0 Å². The lowest BCUT2D eigenvalue weighted by Crippen LogP contribution is -2.20. The molecule has 0 bridgehead atoms. The van der Waals surface area contributed by atoms with Crippen LogP contribution in [0.5, 0.6) is 0 Å². The fourth-order valence-corrected chi connectivity index (χ4v) is 1.15. The van der Waals surface area contributed by atoms with E-state index in [4.69, 9.17) is 5.73 Å². The maximum Gasteiger partial charge on any atom is 0.316 e. The molecule has 0 atom stereocenters. The van der Waals surface area contributed by atoms with Gasteiger partial charge >= 0.3 is 6.03 Å². The summed E-state index contributed by atoms with van der Waals surface area (Å²) in [5.74, 6) is 0. The fraction of sp³-hybridized carbons (Fsp3) is 0.300. The first-order valence-corrected chi connectivity index (χ1v) is 4.51. The summed E-state index contributed by atoms with van der Waals surface area (Å²) in [5, 5.41) is 2.54. The molecule has 0 heterocycles. The first-order chi connectivity index (χ1) is 6.63. The van der Waals surface area contributed by atoms with Crippen LogP contribution in [0, 0.1) is 0 Å². The summed E-state index contributed by atoms with van der Waals surface area (Å²) in [6.07, 6.45) is 0. The third kappa shape index (κ3) is 2.65. The second-order valence-corrected chi connectivity index (χ2v) is 3.05. The largest absolute Gasteiger partial charge is 0.375 e. The lowest BCUT2D eigenvalue weighted by molar-refractivity contribution is 0.259. The molecule has 0 aromatic heterocycles. The Morgan fingerprint density at radius 3 is 2.86 bits per heavy atom. The molecule has 1 aromatic rings. The number of nitrogens with two attached hydrogens (primary N) is 1. The van der Waals surface area contributed by atoms with Gasteiger partial charge in [-0.2, -0.15) is 0 Å². The molecule has 4 heteroatoms. The van der Waals surface area contributed by atoms with Crippen LogP contribution in [0.15, 0.2) is 24.3 Å². The van der Waals surface area contributed by atoms with E-state index in [-0.39, 0.29) is 0 Å². The maximum absolute atomic E-state index is 10.6. The molecular weight excluding hydrogens is 178 g/mol. The van der Waals surface area contributed by atoms with Crippen LogP contribution in [0.3, 0.4) is 0 Å². The average molecular weight is 193 g/mol. The summed E-state index contributed by atoms with van der Waals surface area (Å²) in [7, 11) is 1.99. The van der Waals surface area contributed by atoms with Gasteiger partial charge in [0.25, 0.3) is 0 Å². The van der Waals surface area contributed by atoms with Gasteiger partial charge in [0.15, 0.2) is 0 Å². The molecular formula is C10H15N3O. The third-order valence-electron chi connectivity index (χ3n) is 2.03. The zero-order chi connectivity index (χ0) is 10.6. The molecule has 1 aromatic carbocycles. The highest BCUT2D eigenvalue weighted by molar-refractivity contribution is 5.88. The Bertz CT molecular complexity index is 325. The number of rotatable bonds is 3. The molecule has 0 aliphatic carbocycles. The van der Waals surface area contributed by atoms with Gasteiger partial charge in [0.05, 0.1) is 0 Å². The summed E-state index contributed by atoms with van der Waals surface area (Å²) in [4.78, 5) is 12.7. The molecule has 0 unspecified atom stereocenters. The second kappa shape index (κ2) is 4.50. The zero-order valence-corrected chi connectivity index (χ0v) is 8.45. The monoisotopic (exact) mass is 193 g/mol. The van der Waals surface area contributed by atoms with Crippen LogP contribution in [0.2, 0.25) is 0 Å². The first kappa shape index (κ1) is 10.4. The van der Waals surface area contributed by atoms with Gasteiger partial charge in [0.2, 0.25) is 0 Å². The minimum absolute atomic E-state index is 0.540. The molecule has 14 heavy (non-hydrogen) atoms. The van der Waals surface area contributed by atoms with Crippen molar-refractivity contribution in [3.8, 4) is 0 Å². The Morgan fingerprint density at radius 1 is 1.57 bits per heavy atom. The molecule has 0 spiro atoms. The molecule has 0 saturated heterocycles. The molecule has 4 nitrogen and oxygen atoms in total. The number of urea groups is 1. The topological polar surface area (TPSA) is 58.4 Å². The zero-order valence-electron chi connectivity index (χ0n) is 8.45. The van der Waals surface area contributed by atoms with Gasteiger partial charge in [0, 0.05) is 25.0 Å². The molecule has 2 amide bonds. The minimum atomic E-state index is -0.540. The van der Waals surface area contributed by atoms with Gasteiger partial charge in [-0.1, -0.05) is 6.07 Å². The van der Waals surface area contributed by atoms with Crippen molar-refractivity contribution in [1.29, 1.82) is 0 Å². The van der Waals surface area contributed by atoms with Crippen LogP contribution in [0.1, 0.15) is 6.92 Å². The number of carbonyl (C=O) groups excluding carboxylic acids is 1. The highest BCUT2D eigenvalue weighted by Gasteiger charge is 2.00.